The Kier molecular flexibility index (Phi) is 4.12. The van der Waals surface area contributed by atoms with Crippen molar-refractivity contribution < 1.29 is 4.79 Å². The summed E-state index contributed by atoms with van der Waals surface area (Å²) in [4.78, 5) is 17.6. The average molecular weight is 317 g/mol. The maximum Gasteiger partial charge on any atom is 0.318 e. The van der Waals surface area contributed by atoms with Crippen molar-refractivity contribution in [3.05, 3.63) is 11.6 Å². The third-order valence-electron chi connectivity index (χ3n) is 6.33. The highest BCUT2D eigenvalue weighted by atomic mass is 16.2. The van der Waals surface area contributed by atoms with Crippen molar-refractivity contribution in [1.82, 2.24) is 15.1 Å². The first kappa shape index (κ1) is 15.5. The van der Waals surface area contributed by atoms with Crippen LogP contribution in [0.15, 0.2) is 11.6 Å². The van der Waals surface area contributed by atoms with Gasteiger partial charge in [-0.15, -0.1) is 0 Å². The zero-order valence-corrected chi connectivity index (χ0v) is 14.6. The molecule has 0 saturated carbocycles. The number of piperidine rings is 3. The van der Waals surface area contributed by atoms with E-state index in [0.717, 1.165) is 24.9 Å². The van der Waals surface area contributed by atoms with Gasteiger partial charge in [0, 0.05) is 25.2 Å². The molecule has 3 heterocycles. The first-order valence-electron chi connectivity index (χ1n) is 9.65. The van der Waals surface area contributed by atoms with E-state index in [1.807, 2.05) is 0 Å². The largest absolute Gasteiger partial charge is 0.336 e. The number of carbonyl (C=O) groups excluding carboxylic acids is 1. The van der Waals surface area contributed by atoms with E-state index in [2.05, 4.69) is 35.0 Å². The molecule has 0 radical (unpaired) electrons. The van der Waals surface area contributed by atoms with Gasteiger partial charge in [0.1, 0.15) is 0 Å². The molecule has 4 aliphatic rings. The van der Waals surface area contributed by atoms with Gasteiger partial charge >= 0.3 is 6.03 Å². The topological polar surface area (TPSA) is 35.6 Å². The van der Waals surface area contributed by atoms with Crippen molar-refractivity contribution in [3.8, 4) is 0 Å². The van der Waals surface area contributed by atoms with E-state index in [9.17, 15) is 4.79 Å². The maximum absolute atomic E-state index is 12.7. The quantitative estimate of drug-likeness (QED) is 0.755. The van der Waals surface area contributed by atoms with Crippen LogP contribution < -0.4 is 5.32 Å². The predicted octanol–water partition coefficient (Wildman–Crippen LogP) is 3.00. The van der Waals surface area contributed by atoms with E-state index in [0.29, 0.717) is 12.0 Å². The van der Waals surface area contributed by atoms with Gasteiger partial charge in [-0.05, 0) is 64.3 Å². The molecule has 1 N–H and O–H groups in total. The fraction of sp³-hybridized carbons (Fsp3) is 0.842. The molecular formula is C19H31N3O. The Morgan fingerprint density at radius 1 is 1.26 bits per heavy atom. The number of nitrogens with zero attached hydrogens (tertiary/aromatic N) is 2. The minimum atomic E-state index is 0.148. The van der Waals surface area contributed by atoms with Crippen LogP contribution in [0.3, 0.4) is 0 Å². The molecule has 128 valence electrons. The first-order valence-corrected chi connectivity index (χ1v) is 9.65. The molecule has 0 unspecified atom stereocenters. The lowest BCUT2D eigenvalue weighted by Crippen LogP contribution is -2.61. The molecule has 0 aromatic rings. The Bertz CT molecular complexity index is 501. The molecule has 23 heavy (non-hydrogen) atoms. The average Bonchev–Trinajstić information content (AvgIpc) is 2.54. The summed E-state index contributed by atoms with van der Waals surface area (Å²) in [5.74, 6) is 1.39. The van der Waals surface area contributed by atoms with Crippen LogP contribution in [-0.4, -0.2) is 53.6 Å². The summed E-state index contributed by atoms with van der Waals surface area (Å²) in [5, 5.41) is 3.12. The third kappa shape index (κ3) is 2.79. The zero-order chi connectivity index (χ0) is 16.0. The maximum atomic E-state index is 12.7. The van der Waals surface area contributed by atoms with Crippen LogP contribution in [0.1, 0.15) is 52.4 Å². The molecule has 0 spiro atoms. The summed E-state index contributed by atoms with van der Waals surface area (Å²) >= 11 is 0. The molecule has 0 aromatic carbocycles. The molecule has 4 rings (SSSR count). The minimum Gasteiger partial charge on any atom is -0.336 e. The lowest BCUT2D eigenvalue weighted by Gasteiger charge is -2.54. The highest BCUT2D eigenvalue weighted by molar-refractivity contribution is 5.75. The second-order valence-electron chi connectivity index (χ2n) is 8.31. The van der Waals surface area contributed by atoms with Gasteiger partial charge in [0.2, 0.25) is 0 Å². The second kappa shape index (κ2) is 6.12. The summed E-state index contributed by atoms with van der Waals surface area (Å²) < 4.78 is 0. The standard InChI is InChI=1S/C19H31N3O/c1-13(2)20-19(23)22-9-5-6-14-10-15-11-16(18(14)22)12-21-8-4-3-7-17(15)21/h10,13,15-18H,3-9,11-12H2,1-2H3,(H,20,23)/t15-,16-,17-,18-/m1/s1. The molecule has 2 amide bonds. The highest BCUT2D eigenvalue weighted by Gasteiger charge is 2.46. The Balaban J connectivity index is 1.59. The van der Waals surface area contributed by atoms with E-state index >= 15 is 0 Å². The van der Waals surface area contributed by atoms with Crippen molar-refractivity contribution in [2.75, 3.05) is 19.6 Å². The summed E-state index contributed by atoms with van der Waals surface area (Å²) in [6, 6.07) is 1.51. The summed E-state index contributed by atoms with van der Waals surface area (Å²) in [6.45, 7) is 7.49. The number of hydrogen-bond acceptors (Lipinski definition) is 2. The van der Waals surface area contributed by atoms with Crippen LogP contribution in [-0.2, 0) is 0 Å². The fourth-order valence-electron chi connectivity index (χ4n) is 5.53. The SMILES string of the molecule is CC(C)NC(=O)N1CCCC2=C[C@@H]3C[C@H](CN4CCCC[C@H]34)[C@@H]21. The number of carbonyl (C=O) groups is 1. The van der Waals surface area contributed by atoms with Crippen molar-refractivity contribution in [3.63, 3.8) is 0 Å². The number of rotatable bonds is 1. The van der Waals surface area contributed by atoms with Gasteiger partial charge in [0.15, 0.2) is 0 Å². The summed E-state index contributed by atoms with van der Waals surface area (Å²) in [5.41, 5.74) is 1.57. The smallest absolute Gasteiger partial charge is 0.318 e. The number of nitrogens with one attached hydrogen (secondary N) is 1. The second-order valence-corrected chi connectivity index (χ2v) is 8.31. The highest BCUT2D eigenvalue weighted by Crippen LogP contribution is 2.44. The Morgan fingerprint density at radius 3 is 2.96 bits per heavy atom. The molecule has 4 atom stereocenters. The van der Waals surface area contributed by atoms with Gasteiger partial charge in [-0.3, -0.25) is 4.90 Å². The monoisotopic (exact) mass is 317 g/mol. The molecule has 4 nitrogen and oxygen atoms in total. The Labute approximate surface area is 140 Å². The van der Waals surface area contributed by atoms with Gasteiger partial charge in [-0.2, -0.15) is 0 Å². The van der Waals surface area contributed by atoms with E-state index < -0.39 is 0 Å². The zero-order valence-electron chi connectivity index (χ0n) is 14.6. The number of urea groups is 1. The van der Waals surface area contributed by atoms with Crippen LogP contribution in [0, 0.1) is 11.8 Å². The number of amides is 2. The van der Waals surface area contributed by atoms with Crippen molar-refractivity contribution >= 4 is 6.03 Å². The van der Waals surface area contributed by atoms with Crippen LogP contribution in [0.4, 0.5) is 4.79 Å². The van der Waals surface area contributed by atoms with E-state index in [1.165, 1.54) is 45.2 Å². The van der Waals surface area contributed by atoms with Gasteiger partial charge in [0.05, 0.1) is 6.04 Å². The molecule has 3 aliphatic heterocycles. The Morgan fingerprint density at radius 2 is 2.13 bits per heavy atom. The van der Waals surface area contributed by atoms with Crippen molar-refractivity contribution in [1.29, 1.82) is 0 Å². The third-order valence-corrected chi connectivity index (χ3v) is 6.33. The minimum absolute atomic E-state index is 0.148. The lowest BCUT2D eigenvalue weighted by molar-refractivity contribution is 0.00776. The first-order chi connectivity index (χ1) is 11.1. The summed E-state index contributed by atoms with van der Waals surface area (Å²) in [6.07, 6.45) is 10.3. The number of likely N-dealkylation sites (tertiary alicyclic amines) is 1. The summed E-state index contributed by atoms with van der Waals surface area (Å²) in [7, 11) is 0. The molecule has 3 fully saturated rings. The normalized spacial score (nSPS) is 37.0. The molecule has 3 saturated heterocycles. The van der Waals surface area contributed by atoms with Crippen LogP contribution in [0.2, 0.25) is 0 Å². The molecule has 2 bridgehead atoms. The van der Waals surface area contributed by atoms with E-state index in [-0.39, 0.29) is 12.1 Å². The number of fused-ring (bicyclic) bond motifs is 6. The van der Waals surface area contributed by atoms with E-state index in [4.69, 9.17) is 0 Å². The molecule has 0 aromatic heterocycles. The molecular weight excluding hydrogens is 286 g/mol. The van der Waals surface area contributed by atoms with Gasteiger partial charge in [-0.1, -0.05) is 18.1 Å². The van der Waals surface area contributed by atoms with Crippen molar-refractivity contribution in [2.45, 2.75) is 70.5 Å². The molecule has 1 aliphatic carbocycles. The van der Waals surface area contributed by atoms with Crippen LogP contribution in [0.5, 0.6) is 0 Å². The van der Waals surface area contributed by atoms with Crippen molar-refractivity contribution in [2.24, 2.45) is 11.8 Å². The fourth-order valence-corrected chi connectivity index (χ4v) is 5.53. The van der Waals surface area contributed by atoms with Gasteiger partial charge in [-0.25, -0.2) is 4.79 Å². The number of hydrogen-bond donors (Lipinski definition) is 1. The van der Waals surface area contributed by atoms with Gasteiger partial charge in [0.25, 0.3) is 0 Å². The van der Waals surface area contributed by atoms with Crippen LogP contribution in [0.25, 0.3) is 0 Å². The Hall–Kier alpha value is -1.03. The lowest BCUT2D eigenvalue weighted by atomic mass is 9.68. The molecule has 4 heteroatoms. The van der Waals surface area contributed by atoms with Gasteiger partial charge < -0.3 is 10.2 Å². The van der Waals surface area contributed by atoms with E-state index in [1.54, 1.807) is 5.57 Å². The predicted molar refractivity (Wildman–Crippen MR) is 92.3 cm³/mol. The van der Waals surface area contributed by atoms with Crippen LogP contribution >= 0.6 is 0 Å².